The lowest BCUT2D eigenvalue weighted by Gasteiger charge is -2.19. The minimum Gasteiger partial charge on any atom is -0.477 e. The Morgan fingerprint density at radius 2 is 2.07 bits per heavy atom. The van der Waals surface area contributed by atoms with E-state index in [4.69, 9.17) is 0 Å². The summed E-state index contributed by atoms with van der Waals surface area (Å²) < 4.78 is 1.99. The number of fused-ring (bicyclic) bond motifs is 2. The first-order valence-electron chi connectivity index (χ1n) is 9.29. The van der Waals surface area contributed by atoms with Crippen molar-refractivity contribution in [3.8, 4) is 10.4 Å². The summed E-state index contributed by atoms with van der Waals surface area (Å²) in [7, 11) is 0. The molecule has 0 amide bonds. The third kappa shape index (κ3) is 3.05. The van der Waals surface area contributed by atoms with Crippen LogP contribution in [0, 0.1) is 0 Å². The number of aromatic nitrogens is 1. The summed E-state index contributed by atoms with van der Waals surface area (Å²) in [6, 6.07) is 8.36. The summed E-state index contributed by atoms with van der Waals surface area (Å²) in [5, 5.41) is 13.3. The van der Waals surface area contributed by atoms with Crippen molar-refractivity contribution in [3.05, 3.63) is 56.7 Å². The van der Waals surface area contributed by atoms with Gasteiger partial charge in [0.25, 0.3) is 0 Å². The maximum absolute atomic E-state index is 12.6. The lowest BCUT2D eigenvalue weighted by Crippen LogP contribution is -2.24. The quantitative estimate of drug-likeness (QED) is 0.664. The van der Waals surface area contributed by atoms with Gasteiger partial charge in [-0.05, 0) is 48.1 Å². The van der Waals surface area contributed by atoms with Crippen LogP contribution in [-0.4, -0.2) is 22.2 Å². The fourth-order valence-electron chi connectivity index (χ4n) is 3.96. The number of hydrogen-bond acceptors (Lipinski definition) is 4. The maximum atomic E-state index is 12.6. The molecule has 3 aromatic rings. The average molecular weight is 417 g/mol. The van der Waals surface area contributed by atoms with Crippen LogP contribution in [0.4, 0.5) is 0 Å². The summed E-state index contributed by atoms with van der Waals surface area (Å²) in [5.74, 6) is -0.658. The van der Waals surface area contributed by atoms with Crippen LogP contribution in [0.1, 0.15) is 52.5 Å². The molecule has 28 heavy (non-hydrogen) atoms. The fraction of sp³-hybridized carbons (Fsp3) is 0.333. The van der Waals surface area contributed by atoms with Gasteiger partial charge in [0.15, 0.2) is 0 Å². The third-order valence-corrected chi connectivity index (χ3v) is 6.80. The number of benzene rings is 1. The van der Waals surface area contributed by atoms with Crippen LogP contribution in [0.2, 0.25) is 0 Å². The standard InChI is InChI=1S/C21H20N2O3S.ClH/c1-11-8-22-9-19-15(11)7-18(27-19)12-2-5-14-17(6-12)23(13-3-4-13)10-16(20(14)24)21(25)26;/h2,5-7,10-11,13,22H,3-4,8-9H2,1H3,(H,25,26);1H. The number of hydrogen-bond donors (Lipinski definition) is 2. The zero-order valence-electron chi connectivity index (χ0n) is 15.4. The predicted molar refractivity (Wildman–Crippen MR) is 114 cm³/mol. The summed E-state index contributed by atoms with van der Waals surface area (Å²) >= 11 is 1.80. The number of carbonyl (C=O) groups is 1. The van der Waals surface area contributed by atoms with Crippen LogP contribution in [0.25, 0.3) is 21.3 Å². The molecule has 2 N–H and O–H groups in total. The lowest BCUT2D eigenvalue weighted by molar-refractivity contribution is 0.0695. The molecule has 2 aliphatic rings. The Labute approximate surface area is 172 Å². The molecule has 1 aromatic carbocycles. The molecular formula is C21H21ClN2O3S. The van der Waals surface area contributed by atoms with Crippen LogP contribution in [0.3, 0.4) is 0 Å². The maximum Gasteiger partial charge on any atom is 0.341 e. The van der Waals surface area contributed by atoms with Gasteiger partial charge >= 0.3 is 5.97 Å². The molecule has 5 rings (SSSR count). The van der Waals surface area contributed by atoms with Crippen LogP contribution in [0.15, 0.2) is 35.3 Å². The van der Waals surface area contributed by atoms with Crippen molar-refractivity contribution in [2.24, 2.45) is 0 Å². The normalized spacial score (nSPS) is 18.5. The van der Waals surface area contributed by atoms with Crippen LogP contribution in [0.5, 0.6) is 0 Å². The van der Waals surface area contributed by atoms with Crippen LogP contribution in [-0.2, 0) is 6.54 Å². The van der Waals surface area contributed by atoms with Gasteiger partial charge in [-0.2, -0.15) is 0 Å². The molecule has 1 unspecified atom stereocenters. The molecule has 0 bridgehead atoms. The van der Waals surface area contributed by atoms with E-state index >= 15 is 0 Å². The Hall–Kier alpha value is -2.15. The zero-order chi connectivity index (χ0) is 18.7. The number of thiophene rings is 1. The molecule has 146 valence electrons. The smallest absolute Gasteiger partial charge is 0.341 e. The number of halogens is 1. The number of rotatable bonds is 3. The minimum atomic E-state index is -1.16. The van der Waals surface area contributed by atoms with E-state index in [0.717, 1.165) is 37.0 Å². The highest BCUT2D eigenvalue weighted by atomic mass is 35.5. The monoisotopic (exact) mass is 416 g/mol. The summed E-state index contributed by atoms with van der Waals surface area (Å²) in [4.78, 5) is 26.7. The first-order valence-corrected chi connectivity index (χ1v) is 10.1. The van der Waals surface area contributed by atoms with Gasteiger partial charge in [0.2, 0.25) is 5.43 Å². The van der Waals surface area contributed by atoms with E-state index in [1.165, 1.54) is 21.5 Å². The lowest BCUT2D eigenvalue weighted by atomic mass is 9.97. The highest BCUT2D eigenvalue weighted by Gasteiger charge is 2.27. The fourth-order valence-corrected chi connectivity index (χ4v) is 5.21. The average Bonchev–Trinajstić information content (AvgIpc) is 3.39. The van der Waals surface area contributed by atoms with Gasteiger partial charge < -0.3 is 15.0 Å². The summed E-state index contributed by atoms with van der Waals surface area (Å²) in [5.41, 5.74) is 2.79. The molecule has 3 heterocycles. The summed E-state index contributed by atoms with van der Waals surface area (Å²) in [6.45, 7) is 4.15. The molecule has 1 aliphatic heterocycles. The Bertz CT molecular complexity index is 1150. The van der Waals surface area contributed by atoms with E-state index in [0.29, 0.717) is 17.3 Å². The second-order valence-electron chi connectivity index (χ2n) is 7.57. The van der Waals surface area contributed by atoms with Gasteiger partial charge in [0, 0.05) is 40.5 Å². The van der Waals surface area contributed by atoms with Crippen molar-refractivity contribution in [2.75, 3.05) is 6.54 Å². The number of carboxylic acid groups (broad SMARTS) is 1. The molecule has 1 saturated carbocycles. The molecule has 0 radical (unpaired) electrons. The second kappa shape index (κ2) is 7.03. The van der Waals surface area contributed by atoms with Crippen LogP contribution < -0.4 is 10.7 Å². The van der Waals surface area contributed by atoms with Gasteiger partial charge in [-0.25, -0.2) is 4.79 Å². The molecule has 1 atom stereocenters. The SMILES string of the molecule is CC1CNCc2sc(-c3ccc4c(=O)c(C(=O)O)cn(C5CC5)c4c3)cc21.Cl. The van der Waals surface area contributed by atoms with E-state index in [9.17, 15) is 14.7 Å². The van der Waals surface area contributed by atoms with Crippen molar-refractivity contribution in [1.29, 1.82) is 0 Å². The van der Waals surface area contributed by atoms with Gasteiger partial charge in [0.1, 0.15) is 5.56 Å². The Morgan fingerprint density at radius 1 is 1.29 bits per heavy atom. The zero-order valence-corrected chi connectivity index (χ0v) is 17.0. The Kier molecular flexibility index (Phi) is 4.81. The number of nitrogens with zero attached hydrogens (tertiary/aromatic N) is 1. The molecule has 1 aliphatic carbocycles. The van der Waals surface area contributed by atoms with Crippen molar-refractivity contribution in [2.45, 2.75) is 38.3 Å². The molecule has 5 nitrogen and oxygen atoms in total. The van der Waals surface area contributed by atoms with Gasteiger partial charge in [-0.1, -0.05) is 13.0 Å². The first kappa shape index (κ1) is 19.2. The second-order valence-corrected chi connectivity index (χ2v) is 8.71. The molecular weight excluding hydrogens is 396 g/mol. The van der Waals surface area contributed by atoms with Crippen molar-refractivity contribution >= 4 is 40.6 Å². The van der Waals surface area contributed by atoms with Crippen molar-refractivity contribution in [3.63, 3.8) is 0 Å². The van der Waals surface area contributed by atoms with Gasteiger partial charge in [-0.15, -0.1) is 23.7 Å². The molecule has 7 heteroatoms. The van der Waals surface area contributed by atoms with E-state index in [2.05, 4.69) is 24.4 Å². The third-order valence-electron chi connectivity index (χ3n) is 5.60. The van der Waals surface area contributed by atoms with Gasteiger partial charge in [0.05, 0.1) is 5.52 Å². The van der Waals surface area contributed by atoms with Crippen LogP contribution >= 0.6 is 23.7 Å². The highest BCUT2D eigenvalue weighted by molar-refractivity contribution is 7.15. The van der Waals surface area contributed by atoms with E-state index in [1.807, 2.05) is 10.6 Å². The Morgan fingerprint density at radius 3 is 2.75 bits per heavy atom. The first-order chi connectivity index (χ1) is 13.0. The molecule has 1 fully saturated rings. The molecule has 2 aromatic heterocycles. The number of pyridine rings is 1. The topological polar surface area (TPSA) is 71.3 Å². The van der Waals surface area contributed by atoms with E-state index < -0.39 is 11.4 Å². The van der Waals surface area contributed by atoms with E-state index in [-0.39, 0.29) is 18.0 Å². The minimum absolute atomic E-state index is 0. The van der Waals surface area contributed by atoms with Crippen molar-refractivity contribution < 1.29 is 9.90 Å². The van der Waals surface area contributed by atoms with Gasteiger partial charge in [-0.3, -0.25) is 4.79 Å². The summed E-state index contributed by atoms with van der Waals surface area (Å²) in [6.07, 6.45) is 3.58. The van der Waals surface area contributed by atoms with E-state index in [1.54, 1.807) is 17.4 Å². The number of carboxylic acids is 1. The molecule has 0 spiro atoms. The number of aromatic carboxylic acids is 1. The van der Waals surface area contributed by atoms with Crippen molar-refractivity contribution in [1.82, 2.24) is 9.88 Å². The number of nitrogens with one attached hydrogen (secondary N) is 1. The predicted octanol–water partition coefficient (Wildman–Crippen LogP) is 4.39. The molecule has 0 saturated heterocycles. The largest absolute Gasteiger partial charge is 0.477 e. The highest BCUT2D eigenvalue weighted by Crippen LogP contribution is 2.40. The Balaban J connectivity index is 0.00000192.